The number of carbonyl (C=O) groups is 2. The van der Waals surface area contributed by atoms with Crippen molar-refractivity contribution in [2.45, 2.75) is 77.7 Å². The second-order valence-corrected chi connectivity index (χ2v) is 9.44. The minimum absolute atomic E-state index is 0. The molecule has 0 amide bonds. The van der Waals surface area contributed by atoms with Crippen molar-refractivity contribution >= 4 is 11.6 Å². The molecular formula is C21H30FeO4. The van der Waals surface area contributed by atoms with Gasteiger partial charge in [0.25, 0.3) is 0 Å². The molecule has 146 valence electrons. The van der Waals surface area contributed by atoms with Gasteiger partial charge in [0.1, 0.15) is 0 Å². The van der Waals surface area contributed by atoms with Crippen molar-refractivity contribution in [1.82, 2.24) is 0 Å². The van der Waals surface area contributed by atoms with Crippen LogP contribution in [0.5, 0.6) is 0 Å². The van der Waals surface area contributed by atoms with Crippen LogP contribution >= 0.6 is 0 Å². The molecule has 4 aliphatic carbocycles. The first-order valence-electron chi connectivity index (χ1n) is 9.86. The van der Waals surface area contributed by atoms with Crippen molar-refractivity contribution in [3.8, 4) is 0 Å². The van der Waals surface area contributed by atoms with Crippen LogP contribution in [0.1, 0.15) is 72.1 Å². The first kappa shape index (κ1) is 20.3. The SMILES string of the molecule is CC(=O)[C@@]1(OO)CC[C@H]2[C@@H]3CCC4=CC(=O)CC[C@]4(C)[C@H]3CC[C@@]21C.[Fe]. The van der Waals surface area contributed by atoms with E-state index in [0.29, 0.717) is 30.6 Å². The van der Waals surface area contributed by atoms with Crippen LogP contribution < -0.4 is 0 Å². The summed E-state index contributed by atoms with van der Waals surface area (Å²) in [5.41, 5.74) is 0.196. The van der Waals surface area contributed by atoms with Gasteiger partial charge in [0.05, 0.1) is 0 Å². The number of allylic oxidation sites excluding steroid dienone is 1. The molecule has 0 heterocycles. The van der Waals surface area contributed by atoms with Gasteiger partial charge in [-0.1, -0.05) is 19.4 Å². The maximum atomic E-state index is 12.4. The van der Waals surface area contributed by atoms with Gasteiger partial charge in [-0.2, -0.15) is 0 Å². The van der Waals surface area contributed by atoms with E-state index in [1.807, 2.05) is 6.08 Å². The van der Waals surface area contributed by atoms with Crippen LogP contribution in [0.25, 0.3) is 0 Å². The molecule has 0 aromatic carbocycles. The second kappa shape index (κ2) is 6.55. The number of carbonyl (C=O) groups excluding carboxylic acids is 2. The van der Waals surface area contributed by atoms with Gasteiger partial charge in [0, 0.05) is 28.9 Å². The Hall–Kier alpha value is -0.481. The molecule has 4 aliphatic rings. The van der Waals surface area contributed by atoms with Crippen molar-refractivity contribution in [3.63, 3.8) is 0 Å². The number of hydrogen-bond acceptors (Lipinski definition) is 4. The Kier molecular flexibility index (Phi) is 5.10. The van der Waals surface area contributed by atoms with Crippen molar-refractivity contribution in [1.29, 1.82) is 0 Å². The van der Waals surface area contributed by atoms with Crippen molar-refractivity contribution < 1.29 is 36.8 Å². The maximum absolute atomic E-state index is 12.4. The summed E-state index contributed by atoms with van der Waals surface area (Å²) in [6, 6.07) is 0. The predicted molar refractivity (Wildman–Crippen MR) is 93.8 cm³/mol. The van der Waals surface area contributed by atoms with Crippen molar-refractivity contribution in [2.75, 3.05) is 0 Å². The molecule has 0 radical (unpaired) electrons. The van der Waals surface area contributed by atoms with Gasteiger partial charge in [-0.15, -0.1) is 0 Å². The number of hydrogen-bond donors (Lipinski definition) is 1. The monoisotopic (exact) mass is 402 g/mol. The summed E-state index contributed by atoms with van der Waals surface area (Å²) in [5.74, 6) is 1.81. The zero-order valence-electron chi connectivity index (χ0n) is 16.0. The smallest absolute Gasteiger partial charge is 0.166 e. The summed E-state index contributed by atoms with van der Waals surface area (Å²) in [6.45, 7) is 6.09. The van der Waals surface area contributed by atoms with Crippen LogP contribution in [-0.2, 0) is 31.5 Å². The van der Waals surface area contributed by atoms with Crippen LogP contribution in [0.3, 0.4) is 0 Å². The number of fused-ring (bicyclic) bond motifs is 5. The van der Waals surface area contributed by atoms with E-state index in [1.54, 1.807) is 6.92 Å². The summed E-state index contributed by atoms with van der Waals surface area (Å²) in [4.78, 5) is 29.3. The molecule has 0 spiro atoms. The number of Topliss-reactive ketones (excluding diaryl/α,β-unsaturated/α-hetero) is 1. The van der Waals surface area contributed by atoms with Crippen LogP contribution in [0, 0.1) is 28.6 Å². The van der Waals surface area contributed by atoms with Gasteiger partial charge in [0.15, 0.2) is 17.2 Å². The van der Waals surface area contributed by atoms with E-state index in [2.05, 4.69) is 13.8 Å². The topological polar surface area (TPSA) is 63.6 Å². The largest absolute Gasteiger partial charge is 0.297 e. The third-order valence-corrected chi connectivity index (χ3v) is 8.81. The minimum Gasteiger partial charge on any atom is -0.297 e. The van der Waals surface area contributed by atoms with E-state index >= 15 is 0 Å². The number of ketones is 2. The fraction of sp³-hybridized carbons (Fsp3) is 0.810. The summed E-state index contributed by atoms with van der Waals surface area (Å²) < 4.78 is 0. The molecule has 3 saturated carbocycles. The Morgan fingerprint density at radius 1 is 1.12 bits per heavy atom. The molecule has 0 saturated heterocycles. The van der Waals surface area contributed by atoms with Gasteiger partial charge < -0.3 is 0 Å². The first-order valence-corrected chi connectivity index (χ1v) is 9.86. The van der Waals surface area contributed by atoms with Gasteiger partial charge in [-0.3, -0.25) is 14.8 Å². The molecule has 5 heteroatoms. The molecule has 1 N–H and O–H groups in total. The van der Waals surface area contributed by atoms with Gasteiger partial charge in [-0.05, 0) is 81.1 Å². The quantitative estimate of drug-likeness (QED) is 0.424. The summed E-state index contributed by atoms with van der Waals surface area (Å²) in [5, 5.41) is 9.69. The Morgan fingerprint density at radius 2 is 1.81 bits per heavy atom. The van der Waals surface area contributed by atoms with Gasteiger partial charge in [0.2, 0.25) is 0 Å². The van der Waals surface area contributed by atoms with Gasteiger partial charge >= 0.3 is 0 Å². The molecule has 4 rings (SSSR count). The molecule has 0 unspecified atom stereocenters. The molecule has 4 nitrogen and oxygen atoms in total. The molecule has 0 bridgehead atoms. The molecular weight excluding hydrogens is 372 g/mol. The minimum atomic E-state index is -1.03. The summed E-state index contributed by atoms with van der Waals surface area (Å²) in [7, 11) is 0. The van der Waals surface area contributed by atoms with E-state index in [9.17, 15) is 14.8 Å². The van der Waals surface area contributed by atoms with E-state index in [0.717, 1.165) is 38.5 Å². The second-order valence-electron chi connectivity index (χ2n) is 9.44. The normalized spacial score (nSPS) is 47.2. The van der Waals surface area contributed by atoms with Crippen LogP contribution in [0.15, 0.2) is 11.6 Å². The average Bonchev–Trinajstić information content (AvgIpc) is 2.89. The molecule has 3 fully saturated rings. The van der Waals surface area contributed by atoms with Crippen molar-refractivity contribution in [2.24, 2.45) is 28.6 Å². The van der Waals surface area contributed by atoms with Crippen LogP contribution in [0.4, 0.5) is 0 Å². The Morgan fingerprint density at radius 3 is 2.46 bits per heavy atom. The van der Waals surface area contributed by atoms with E-state index in [4.69, 9.17) is 4.89 Å². The van der Waals surface area contributed by atoms with E-state index in [-0.39, 0.29) is 39.5 Å². The Bertz CT molecular complexity index is 658. The number of rotatable bonds is 2. The standard InChI is InChI=1S/C21H30O4.Fe/c1-13(22)21(25-24)11-8-18-16-5-4-14-12-15(23)6-9-19(14,2)17(16)7-10-20(18,21)3;/h12,16-18,24H,4-11H2,1-3H3;/t16-,17+,18+,19+,20+,21+;/m1./s1. The summed E-state index contributed by atoms with van der Waals surface area (Å²) in [6.07, 6.45) is 9.21. The van der Waals surface area contributed by atoms with Crippen LogP contribution in [0.2, 0.25) is 0 Å². The molecule has 0 aliphatic heterocycles. The maximum Gasteiger partial charge on any atom is 0.166 e. The molecule has 0 aromatic heterocycles. The Balaban J connectivity index is 0.00000196. The van der Waals surface area contributed by atoms with E-state index in [1.165, 1.54) is 5.57 Å². The third kappa shape index (κ3) is 2.40. The molecule has 0 aromatic rings. The average molecular weight is 402 g/mol. The first-order chi connectivity index (χ1) is 11.8. The fourth-order valence-electron chi connectivity index (χ4n) is 7.35. The summed E-state index contributed by atoms with van der Waals surface area (Å²) >= 11 is 0. The molecule has 6 atom stereocenters. The van der Waals surface area contributed by atoms with E-state index < -0.39 is 5.60 Å². The Labute approximate surface area is 166 Å². The molecule has 26 heavy (non-hydrogen) atoms. The predicted octanol–water partition coefficient (Wildman–Crippen LogP) is 4.33. The zero-order valence-corrected chi connectivity index (χ0v) is 17.1. The van der Waals surface area contributed by atoms with Crippen LogP contribution in [-0.4, -0.2) is 22.4 Å². The fourth-order valence-corrected chi connectivity index (χ4v) is 7.35. The van der Waals surface area contributed by atoms with Crippen molar-refractivity contribution in [3.05, 3.63) is 11.6 Å². The van der Waals surface area contributed by atoms with Gasteiger partial charge in [-0.25, -0.2) is 4.89 Å². The third-order valence-electron chi connectivity index (χ3n) is 8.81. The zero-order chi connectivity index (χ0) is 18.0.